The highest BCUT2D eigenvalue weighted by Crippen LogP contribution is 2.29. The second-order valence-corrected chi connectivity index (χ2v) is 12.6. The average molecular weight is 625 g/mol. The molecular formula is C29H32Cl3N3O4S. The Morgan fingerprint density at radius 1 is 0.925 bits per heavy atom. The van der Waals surface area contributed by atoms with Gasteiger partial charge in [0.25, 0.3) is 10.0 Å². The minimum atomic E-state index is -4.20. The quantitative estimate of drug-likeness (QED) is 0.265. The number of hydrogen-bond acceptors (Lipinski definition) is 4. The molecule has 0 aliphatic heterocycles. The number of amides is 2. The summed E-state index contributed by atoms with van der Waals surface area (Å²) in [5, 5.41) is 3.82. The molecule has 0 spiro atoms. The first-order chi connectivity index (χ1) is 18.8. The Kier molecular flexibility index (Phi) is 10.9. The highest BCUT2D eigenvalue weighted by molar-refractivity contribution is 7.92. The summed E-state index contributed by atoms with van der Waals surface area (Å²) in [5.74, 6) is -1.01. The molecule has 3 rings (SSSR count). The van der Waals surface area contributed by atoms with E-state index < -0.39 is 28.5 Å². The predicted molar refractivity (Wildman–Crippen MR) is 162 cm³/mol. The molecule has 3 aromatic carbocycles. The SMILES string of the molecule is CCC(C)NC(=O)C(C)N(Cc1c(Cl)cccc1Cl)C(=O)CN(c1cccc(Cl)c1)S(=O)(=O)c1ccc(C)cc1. The number of carbonyl (C=O) groups is 2. The minimum Gasteiger partial charge on any atom is -0.352 e. The number of rotatable bonds is 11. The third-order valence-electron chi connectivity index (χ3n) is 6.54. The number of anilines is 1. The van der Waals surface area contributed by atoms with Crippen molar-refractivity contribution in [2.75, 3.05) is 10.8 Å². The molecule has 0 aliphatic rings. The molecule has 214 valence electrons. The molecule has 3 aromatic rings. The van der Waals surface area contributed by atoms with E-state index in [0.717, 1.165) is 9.87 Å². The molecule has 0 aliphatic carbocycles. The smallest absolute Gasteiger partial charge is 0.264 e. The first-order valence-electron chi connectivity index (χ1n) is 12.7. The zero-order chi connectivity index (χ0) is 29.6. The number of carbonyl (C=O) groups excluding carboxylic acids is 2. The standard InChI is InChI=1S/C29H32Cl3N3O4S/c1-5-20(3)33-29(37)21(4)34(17-25-26(31)10-7-11-27(25)32)28(36)18-35(23-9-6-8-22(30)16-23)40(38,39)24-14-12-19(2)13-15-24/h6-16,20-21H,5,17-18H2,1-4H3,(H,33,37). The van der Waals surface area contributed by atoms with Crippen molar-refractivity contribution >= 4 is 62.3 Å². The third kappa shape index (κ3) is 7.69. The van der Waals surface area contributed by atoms with Crippen molar-refractivity contribution < 1.29 is 18.0 Å². The van der Waals surface area contributed by atoms with Crippen molar-refractivity contribution in [3.8, 4) is 0 Å². The van der Waals surface area contributed by atoms with Crippen LogP contribution in [0.3, 0.4) is 0 Å². The van der Waals surface area contributed by atoms with Crippen LogP contribution < -0.4 is 9.62 Å². The van der Waals surface area contributed by atoms with E-state index in [9.17, 15) is 18.0 Å². The van der Waals surface area contributed by atoms with Crippen molar-refractivity contribution in [3.63, 3.8) is 0 Å². The monoisotopic (exact) mass is 623 g/mol. The van der Waals surface area contributed by atoms with Crippen LogP contribution >= 0.6 is 34.8 Å². The molecule has 0 bridgehead atoms. The van der Waals surface area contributed by atoms with Gasteiger partial charge in [-0.25, -0.2) is 8.42 Å². The molecule has 2 unspecified atom stereocenters. The van der Waals surface area contributed by atoms with E-state index >= 15 is 0 Å². The minimum absolute atomic E-state index is 0.00846. The van der Waals surface area contributed by atoms with E-state index in [4.69, 9.17) is 34.8 Å². The Balaban J connectivity index is 2.07. The normalized spacial score (nSPS) is 12.9. The van der Waals surface area contributed by atoms with Gasteiger partial charge in [0.1, 0.15) is 12.6 Å². The Labute approximate surface area is 251 Å². The van der Waals surface area contributed by atoms with Gasteiger partial charge in [0.2, 0.25) is 11.8 Å². The van der Waals surface area contributed by atoms with Crippen LogP contribution in [0.25, 0.3) is 0 Å². The largest absolute Gasteiger partial charge is 0.352 e. The van der Waals surface area contributed by atoms with Gasteiger partial charge in [0, 0.05) is 33.2 Å². The van der Waals surface area contributed by atoms with Gasteiger partial charge in [-0.2, -0.15) is 0 Å². The molecule has 0 fully saturated rings. The average Bonchev–Trinajstić information content (AvgIpc) is 2.91. The summed E-state index contributed by atoms with van der Waals surface area (Å²) in [4.78, 5) is 28.4. The molecule has 40 heavy (non-hydrogen) atoms. The second-order valence-electron chi connectivity index (χ2n) is 9.52. The van der Waals surface area contributed by atoms with Gasteiger partial charge >= 0.3 is 0 Å². The first-order valence-corrected chi connectivity index (χ1v) is 15.3. The van der Waals surface area contributed by atoms with Gasteiger partial charge in [-0.1, -0.05) is 71.6 Å². The fraction of sp³-hybridized carbons (Fsp3) is 0.310. The summed E-state index contributed by atoms with van der Waals surface area (Å²) in [6.07, 6.45) is 0.695. The molecular weight excluding hydrogens is 593 g/mol. The number of benzene rings is 3. The summed E-state index contributed by atoms with van der Waals surface area (Å²) >= 11 is 19.0. The van der Waals surface area contributed by atoms with Gasteiger partial charge < -0.3 is 10.2 Å². The fourth-order valence-electron chi connectivity index (χ4n) is 3.90. The summed E-state index contributed by atoms with van der Waals surface area (Å²) in [6.45, 7) is 6.51. The van der Waals surface area contributed by atoms with Gasteiger partial charge in [-0.3, -0.25) is 13.9 Å². The number of sulfonamides is 1. The zero-order valence-corrected chi connectivity index (χ0v) is 25.8. The molecule has 7 nitrogen and oxygen atoms in total. The molecule has 2 amide bonds. The molecule has 0 radical (unpaired) electrons. The lowest BCUT2D eigenvalue weighted by molar-refractivity contribution is -0.139. The predicted octanol–water partition coefficient (Wildman–Crippen LogP) is 6.48. The Morgan fingerprint density at radius 2 is 1.52 bits per heavy atom. The topological polar surface area (TPSA) is 86.8 Å². The molecule has 0 saturated carbocycles. The van der Waals surface area contributed by atoms with Crippen molar-refractivity contribution in [3.05, 3.63) is 92.9 Å². The van der Waals surface area contributed by atoms with Crippen molar-refractivity contribution in [2.45, 2.75) is 57.6 Å². The van der Waals surface area contributed by atoms with Crippen LogP contribution in [0.2, 0.25) is 15.1 Å². The van der Waals surface area contributed by atoms with Crippen LogP contribution in [0.1, 0.15) is 38.3 Å². The van der Waals surface area contributed by atoms with Crippen LogP contribution in [-0.2, 0) is 26.2 Å². The van der Waals surface area contributed by atoms with E-state index in [-0.39, 0.29) is 29.1 Å². The summed E-state index contributed by atoms with van der Waals surface area (Å²) in [5.41, 5.74) is 1.53. The van der Waals surface area contributed by atoms with E-state index in [0.29, 0.717) is 27.1 Å². The second kappa shape index (κ2) is 13.7. The summed E-state index contributed by atoms with van der Waals surface area (Å²) in [6, 6.07) is 16.4. The Hall–Kier alpha value is -2.78. The van der Waals surface area contributed by atoms with Gasteiger partial charge in [-0.05, 0) is 69.7 Å². The maximum Gasteiger partial charge on any atom is 0.264 e. The number of aryl methyl sites for hydroxylation is 1. The van der Waals surface area contributed by atoms with Gasteiger partial charge in [-0.15, -0.1) is 0 Å². The molecule has 0 aromatic heterocycles. The van der Waals surface area contributed by atoms with Crippen LogP contribution in [0.4, 0.5) is 5.69 Å². The van der Waals surface area contributed by atoms with Gasteiger partial charge in [0.05, 0.1) is 10.6 Å². The molecule has 2 atom stereocenters. The van der Waals surface area contributed by atoms with E-state index in [1.807, 2.05) is 20.8 Å². The first kappa shape index (κ1) is 31.7. The number of hydrogen-bond donors (Lipinski definition) is 1. The number of nitrogens with zero attached hydrogens (tertiary/aromatic N) is 2. The van der Waals surface area contributed by atoms with Crippen molar-refractivity contribution in [2.24, 2.45) is 0 Å². The highest BCUT2D eigenvalue weighted by atomic mass is 35.5. The molecule has 0 saturated heterocycles. The zero-order valence-electron chi connectivity index (χ0n) is 22.7. The summed E-state index contributed by atoms with van der Waals surface area (Å²) < 4.78 is 28.7. The maximum absolute atomic E-state index is 14.0. The molecule has 1 N–H and O–H groups in total. The van der Waals surface area contributed by atoms with Crippen LogP contribution in [0.5, 0.6) is 0 Å². The van der Waals surface area contributed by atoms with E-state index in [2.05, 4.69) is 5.32 Å². The van der Waals surface area contributed by atoms with Crippen LogP contribution in [0, 0.1) is 6.92 Å². The Morgan fingerprint density at radius 3 is 2.10 bits per heavy atom. The molecule has 11 heteroatoms. The van der Waals surface area contributed by atoms with Crippen LogP contribution in [0.15, 0.2) is 71.6 Å². The lowest BCUT2D eigenvalue weighted by Crippen LogP contribution is -2.52. The number of nitrogens with one attached hydrogen (secondary N) is 1. The molecule has 0 heterocycles. The van der Waals surface area contributed by atoms with Crippen molar-refractivity contribution in [1.29, 1.82) is 0 Å². The lowest BCUT2D eigenvalue weighted by Gasteiger charge is -2.33. The number of halogens is 3. The van der Waals surface area contributed by atoms with Crippen molar-refractivity contribution in [1.82, 2.24) is 10.2 Å². The van der Waals surface area contributed by atoms with Gasteiger partial charge in [0.15, 0.2) is 0 Å². The lowest BCUT2D eigenvalue weighted by atomic mass is 10.1. The van der Waals surface area contributed by atoms with Crippen LogP contribution in [-0.4, -0.2) is 43.8 Å². The Bertz CT molecular complexity index is 1450. The van der Waals surface area contributed by atoms with E-state index in [1.54, 1.807) is 55.5 Å². The van der Waals surface area contributed by atoms with E-state index in [1.165, 1.54) is 23.1 Å². The maximum atomic E-state index is 14.0. The highest BCUT2D eigenvalue weighted by Gasteiger charge is 2.33. The third-order valence-corrected chi connectivity index (χ3v) is 9.27. The summed E-state index contributed by atoms with van der Waals surface area (Å²) in [7, 11) is -4.20. The fourth-order valence-corrected chi connectivity index (χ4v) is 6.01.